The number of likely N-dealkylation sites (N-methyl/N-ethyl adjacent to an activating group) is 1. The van der Waals surface area contributed by atoms with Gasteiger partial charge in [0.15, 0.2) is 5.82 Å². The minimum atomic E-state index is -0.334. The molecule has 0 unspecified atom stereocenters. The van der Waals surface area contributed by atoms with Crippen LogP contribution in [0.2, 0.25) is 0 Å². The number of benzene rings is 1. The first-order valence-corrected chi connectivity index (χ1v) is 7.13. The second-order valence-corrected chi connectivity index (χ2v) is 5.47. The van der Waals surface area contributed by atoms with Gasteiger partial charge in [0, 0.05) is 38.5 Å². The van der Waals surface area contributed by atoms with E-state index in [4.69, 9.17) is 4.52 Å². The quantitative estimate of drug-likeness (QED) is 0.909. The van der Waals surface area contributed by atoms with Crippen LogP contribution in [0.25, 0.3) is 0 Å². The SMILES string of the molecule is Cc1cc(NC(=O)CN(C)C(=O)c2ccc(N(C)C)cc2)no1. The molecule has 2 rings (SSSR count). The zero-order chi connectivity index (χ0) is 17.0. The Kier molecular flexibility index (Phi) is 5.00. The van der Waals surface area contributed by atoms with Crippen LogP contribution in [0.4, 0.5) is 11.5 Å². The molecule has 2 aromatic rings. The topological polar surface area (TPSA) is 78.7 Å². The first kappa shape index (κ1) is 16.5. The maximum Gasteiger partial charge on any atom is 0.254 e. The fourth-order valence-electron chi connectivity index (χ4n) is 2.02. The molecule has 7 nitrogen and oxygen atoms in total. The van der Waals surface area contributed by atoms with Crippen LogP contribution in [-0.4, -0.2) is 49.6 Å². The monoisotopic (exact) mass is 316 g/mol. The fourth-order valence-corrected chi connectivity index (χ4v) is 2.02. The van der Waals surface area contributed by atoms with Crippen molar-refractivity contribution in [1.82, 2.24) is 10.1 Å². The number of hydrogen-bond acceptors (Lipinski definition) is 5. The van der Waals surface area contributed by atoms with Gasteiger partial charge in [-0.2, -0.15) is 0 Å². The van der Waals surface area contributed by atoms with Gasteiger partial charge < -0.3 is 19.6 Å². The van der Waals surface area contributed by atoms with E-state index >= 15 is 0 Å². The lowest BCUT2D eigenvalue weighted by Crippen LogP contribution is -2.35. The van der Waals surface area contributed by atoms with Crippen molar-refractivity contribution in [3.63, 3.8) is 0 Å². The van der Waals surface area contributed by atoms with Gasteiger partial charge in [0.25, 0.3) is 5.91 Å². The van der Waals surface area contributed by atoms with Crippen LogP contribution in [0.15, 0.2) is 34.9 Å². The third kappa shape index (κ3) is 4.32. The summed E-state index contributed by atoms with van der Waals surface area (Å²) in [6, 6.07) is 8.82. The average Bonchev–Trinajstić information content (AvgIpc) is 2.91. The van der Waals surface area contributed by atoms with Gasteiger partial charge in [-0.25, -0.2) is 0 Å². The van der Waals surface area contributed by atoms with Crippen LogP contribution in [0.3, 0.4) is 0 Å². The average molecular weight is 316 g/mol. The van der Waals surface area contributed by atoms with Crippen molar-refractivity contribution in [2.75, 3.05) is 37.9 Å². The summed E-state index contributed by atoms with van der Waals surface area (Å²) < 4.78 is 4.87. The second kappa shape index (κ2) is 6.95. The van der Waals surface area contributed by atoms with Crippen molar-refractivity contribution in [3.8, 4) is 0 Å². The van der Waals surface area contributed by atoms with Crippen molar-refractivity contribution in [2.24, 2.45) is 0 Å². The number of amides is 2. The molecular formula is C16H20N4O3. The summed E-state index contributed by atoms with van der Waals surface area (Å²) in [4.78, 5) is 27.5. The van der Waals surface area contributed by atoms with Crippen LogP contribution in [0, 0.1) is 6.92 Å². The third-order valence-corrected chi connectivity index (χ3v) is 3.25. The molecule has 0 atom stereocenters. The van der Waals surface area contributed by atoms with E-state index in [9.17, 15) is 9.59 Å². The smallest absolute Gasteiger partial charge is 0.254 e. The molecule has 1 N–H and O–H groups in total. The van der Waals surface area contributed by atoms with Gasteiger partial charge in [-0.05, 0) is 31.2 Å². The summed E-state index contributed by atoms with van der Waals surface area (Å²) in [7, 11) is 5.44. The Labute approximate surface area is 134 Å². The Morgan fingerprint density at radius 3 is 2.35 bits per heavy atom. The molecule has 0 aliphatic rings. The normalized spacial score (nSPS) is 10.3. The molecule has 0 spiro atoms. The lowest BCUT2D eigenvalue weighted by molar-refractivity contribution is -0.116. The molecule has 0 aliphatic carbocycles. The number of hydrogen-bond donors (Lipinski definition) is 1. The molecule has 122 valence electrons. The minimum absolute atomic E-state index is 0.0693. The Balaban J connectivity index is 1.95. The Hall–Kier alpha value is -2.83. The third-order valence-electron chi connectivity index (χ3n) is 3.25. The van der Waals surface area contributed by atoms with Gasteiger partial charge in [-0.15, -0.1) is 0 Å². The summed E-state index contributed by atoms with van der Waals surface area (Å²) in [6.45, 7) is 1.66. The van der Waals surface area contributed by atoms with E-state index in [-0.39, 0.29) is 18.4 Å². The molecule has 1 aromatic carbocycles. The van der Waals surface area contributed by atoms with E-state index in [1.165, 1.54) is 4.90 Å². The number of rotatable bonds is 5. The molecule has 23 heavy (non-hydrogen) atoms. The van der Waals surface area contributed by atoms with Gasteiger partial charge in [0.2, 0.25) is 5.91 Å². The van der Waals surface area contributed by atoms with Gasteiger partial charge in [-0.3, -0.25) is 9.59 Å². The molecule has 1 heterocycles. The highest BCUT2D eigenvalue weighted by molar-refractivity contribution is 5.99. The van der Waals surface area contributed by atoms with Crippen molar-refractivity contribution < 1.29 is 14.1 Å². The zero-order valence-corrected chi connectivity index (χ0v) is 13.7. The van der Waals surface area contributed by atoms with Crippen molar-refractivity contribution in [1.29, 1.82) is 0 Å². The summed E-state index contributed by atoms with van der Waals surface area (Å²) >= 11 is 0. The lowest BCUT2D eigenvalue weighted by Gasteiger charge is -2.17. The molecular weight excluding hydrogens is 296 g/mol. The molecule has 0 fully saturated rings. The Bertz CT molecular complexity index is 692. The first-order valence-electron chi connectivity index (χ1n) is 7.13. The summed E-state index contributed by atoms with van der Waals surface area (Å²) in [6.07, 6.45) is 0. The van der Waals surface area contributed by atoms with Crippen LogP contribution in [-0.2, 0) is 4.79 Å². The maximum atomic E-state index is 12.3. The molecule has 2 amide bonds. The highest BCUT2D eigenvalue weighted by Crippen LogP contribution is 2.13. The molecule has 1 aromatic heterocycles. The minimum Gasteiger partial charge on any atom is -0.378 e. The van der Waals surface area contributed by atoms with Crippen molar-refractivity contribution in [2.45, 2.75) is 6.92 Å². The largest absolute Gasteiger partial charge is 0.378 e. The molecule has 0 saturated carbocycles. The number of carbonyl (C=O) groups excluding carboxylic acids is 2. The lowest BCUT2D eigenvalue weighted by atomic mass is 10.2. The van der Waals surface area contributed by atoms with E-state index in [1.54, 1.807) is 32.2 Å². The molecule has 0 saturated heterocycles. The molecule has 0 radical (unpaired) electrons. The number of aryl methyl sites for hydroxylation is 1. The van der Waals surface area contributed by atoms with Crippen LogP contribution in [0.5, 0.6) is 0 Å². The number of aromatic nitrogens is 1. The molecule has 7 heteroatoms. The highest BCUT2D eigenvalue weighted by Gasteiger charge is 2.16. The summed E-state index contributed by atoms with van der Waals surface area (Å²) in [5, 5.41) is 6.26. The molecule has 0 bridgehead atoms. The Morgan fingerprint density at radius 1 is 1.17 bits per heavy atom. The van der Waals surface area contributed by atoms with Gasteiger partial charge in [0.05, 0.1) is 6.54 Å². The Morgan fingerprint density at radius 2 is 1.83 bits per heavy atom. The van der Waals surface area contributed by atoms with Gasteiger partial charge in [-0.1, -0.05) is 5.16 Å². The van der Waals surface area contributed by atoms with E-state index in [2.05, 4.69) is 10.5 Å². The number of nitrogens with zero attached hydrogens (tertiary/aromatic N) is 3. The van der Waals surface area contributed by atoms with Crippen LogP contribution < -0.4 is 10.2 Å². The number of nitrogens with one attached hydrogen (secondary N) is 1. The molecule has 0 aliphatic heterocycles. The fraction of sp³-hybridized carbons (Fsp3) is 0.312. The van der Waals surface area contributed by atoms with Crippen molar-refractivity contribution in [3.05, 3.63) is 41.7 Å². The summed E-state index contributed by atoms with van der Waals surface area (Å²) in [5.41, 5.74) is 1.53. The zero-order valence-electron chi connectivity index (χ0n) is 13.7. The van der Waals surface area contributed by atoms with Gasteiger partial charge in [0.1, 0.15) is 5.76 Å². The second-order valence-electron chi connectivity index (χ2n) is 5.47. The number of carbonyl (C=O) groups is 2. The summed E-state index contributed by atoms with van der Waals surface area (Å²) in [5.74, 6) is 0.384. The van der Waals surface area contributed by atoms with E-state index < -0.39 is 0 Å². The first-order chi connectivity index (χ1) is 10.9. The van der Waals surface area contributed by atoms with E-state index in [1.807, 2.05) is 31.1 Å². The highest BCUT2D eigenvalue weighted by atomic mass is 16.5. The standard InChI is InChI=1S/C16H20N4O3/c1-11-9-14(18-23-11)17-15(21)10-20(4)16(22)12-5-7-13(8-6-12)19(2)3/h5-9H,10H2,1-4H3,(H,17,18,21). The van der Waals surface area contributed by atoms with Crippen molar-refractivity contribution >= 4 is 23.3 Å². The maximum absolute atomic E-state index is 12.3. The predicted octanol–water partition coefficient (Wildman–Crippen LogP) is 1.76. The predicted molar refractivity (Wildman–Crippen MR) is 87.6 cm³/mol. The van der Waals surface area contributed by atoms with Gasteiger partial charge >= 0.3 is 0 Å². The van der Waals surface area contributed by atoms with E-state index in [0.717, 1.165) is 5.69 Å². The van der Waals surface area contributed by atoms with Crippen LogP contribution >= 0.6 is 0 Å². The van der Waals surface area contributed by atoms with E-state index in [0.29, 0.717) is 17.1 Å². The van der Waals surface area contributed by atoms with Crippen LogP contribution in [0.1, 0.15) is 16.1 Å². The number of anilines is 2.